The van der Waals surface area contributed by atoms with E-state index in [1.165, 1.54) is 30.4 Å². The normalized spacial score (nSPS) is 11.9. The first-order chi connectivity index (χ1) is 21.0. The number of hydrogen-bond acceptors (Lipinski definition) is 10. The zero-order chi connectivity index (χ0) is 31.7. The van der Waals surface area contributed by atoms with Crippen LogP contribution in [0.1, 0.15) is 37.9 Å². The maximum Gasteiger partial charge on any atom is 0.411 e. The number of hydrogen-bond donors (Lipinski definition) is 3. The van der Waals surface area contributed by atoms with Crippen molar-refractivity contribution in [2.75, 3.05) is 19.0 Å². The van der Waals surface area contributed by atoms with Gasteiger partial charge < -0.3 is 20.1 Å². The van der Waals surface area contributed by atoms with Crippen molar-refractivity contribution in [1.82, 2.24) is 41.0 Å². The maximum atomic E-state index is 13.2. The maximum absolute atomic E-state index is 13.2. The lowest BCUT2D eigenvalue weighted by Crippen LogP contribution is -2.39. The predicted molar refractivity (Wildman–Crippen MR) is 162 cm³/mol. The molecule has 3 amide bonds. The van der Waals surface area contributed by atoms with E-state index in [0.29, 0.717) is 38.8 Å². The van der Waals surface area contributed by atoms with Crippen molar-refractivity contribution < 1.29 is 23.9 Å². The molecule has 0 bridgehead atoms. The molecule has 2 aromatic heterocycles. The second kappa shape index (κ2) is 14.2. The number of benzene rings is 2. The summed E-state index contributed by atoms with van der Waals surface area (Å²) in [6.07, 6.45) is 4.60. The molecular formula is C29H30ClN9O5. The van der Waals surface area contributed by atoms with Crippen molar-refractivity contribution in [1.29, 1.82) is 0 Å². The van der Waals surface area contributed by atoms with Gasteiger partial charge in [0.25, 0.3) is 0 Å². The Kier molecular flexibility index (Phi) is 10.2. The van der Waals surface area contributed by atoms with Crippen LogP contribution < -0.4 is 16.0 Å². The molecule has 0 spiro atoms. The van der Waals surface area contributed by atoms with E-state index in [2.05, 4.69) is 46.4 Å². The summed E-state index contributed by atoms with van der Waals surface area (Å²) in [7, 11) is 1.28. The molecule has 1 atom stereocenters. The molecule has 1 unspecified atom stereocenters. The second-order valence-electron chi connectivity index (χ2n) is 10.3. The van der Waals surface area contributed by atoms with E-state index >= 15 is 0 Å². The number of nitrogens with zero attached hydrogens (tertiary/aromatic N) is 6. The third-order valence-electron chi connectivity index (χ3n) is 5.86. The average Bonchev–Trinajstić information content (AvgIpc) is 3.52. The highest BCUT2D eigenvalue weighted by Gasteiger charge is 2.20. The number of halogens is 1. The Labute approximate surface area is 257 Å². The van der Waals surface area contributed by atoms with E-state index < -0.39 is 29.7 Å². The summed E-state index contributed by atoms with van der Waals surface area (Å²) in [5.41, 5.74) is 2.82. The van der Waals surface area contributed by atoms with Crippen LogP contribution in [0.25, 0.3) is 23.0 Å². The van der Waals surface area contributed by atoms with Crippen molar-refractivity contribution in [2.45, 2.75) is 32.4 Å². The molecule has 0 radical (unpaired) electrons. The Morgan fingerprint density at radius 3 is 2.50 bits per heavy atom. The molecule has 0 saturated carbocycles. The Morgan fingerprint density at radius 1 is 1.05 bits per heavy atom. The van der Waals surface area contributed by atoms with Crippen molar-refractivity contribution in [3.8, 4) is 16.9 Å². The summed E-state index contributed by atoms with van der Waals surface area (Å²) in [6.45, 7) is 5.25. The fourth-order valence-electron chi connectivity index (χ4n) is 3.88. The summed E-state index contributed by atoms with van der Waals surface area (Å²) in [5.74, 6) is -0.458. The average molecular weight is 620 g/mol. The second-order valence-corrected chi connectivity index (χ2v) is 10.7. The number of amides is 3. The number of carbonyl (C=O) groups excluding carboxylic acids is 3. The van der Waals surface area contributed by atoms with Crippen LogP contribution in [0.2, 0.25) is 5.02 Å². The van der Waals surface area contributed by atoms with Crippen LogP contribution in [-0.2, 0) is 14.3 Å². The Bertz CT molecular complexity index is 1640. The summed E-state index contributed by atoms with van der Waals surface area (Å²) in [6, 6.07) is 13.0. The molecule has 0 saturated heterocycles. The molecule has 0 aliphatic carbocycles. The van der Waals surface area contributed by atoms with Crippen LogP contribution in [0.4, 0.5) is 15.3 Å². The molecule has 44 heavy (non-hydrogen) atoms. The topological polar surface area (TPSA) is 175 Å². The Hall–Kier alpha value is -5.37. The first-order valence-corrected chi connectivity index (χ1v) is 13.6. The fourth-order valence-corrected chi connectivity index (χ4v) is 4.06. The molecule has 2 heterocycles. The van der Waals surface area contributed by atoms with E-state index in [0.717, 1.165) is 0 Å². The largest absolute Gasteiger partial charge is 0.453 e. The van der Waals surface area contributed by atoms with Crippen LogP contribution in [0.5, 0.6) is 0 Å². The fraction of sp³-hybridized carbons (Fsp3) is 0.241. The monoisotopic (exact) mass is 619 g/mol. The molecule has 15 heteroatoms. The zero-order valence-electron chi connectivity index (χ0n) is 24.3. The number of ether oxygens (including phenoxy) is 2. The smallest absolute Gasteiger partial charge is 0.411 e. The summed E-state index contributed by atoms with van der Waals surface area (Å²) in [5, 5.41) is 28.2. The van der Waals surface area contributed by atoms with E-state index in [1.54, 1.807) is 75.4 Å². The quantitative estimate of drug-likeness (QED) is 0.228. The van der Waals surface area contributed by atoms with Gasteiger partial charge in [-0.05, 0) is 79.2 Å². The third kappa shape index (κ3) is 9.06. The van der Waals surface area contributed by atoms with Crippen molar-refractivity contribution in [2.24, 2.45) is 0 Å². The van der Waals surface area contributed by atoms with Crippen molar-refractivity contribution in [3.05, 3.63) is 83.3 Å². The van der Waals surface area contributed by atoms with Gasteiger partial charge in [-0.25, -0.2) is 9.59 Å². The molecule has 0 aliphatic heterocycles. The number of methoxy groups -OCH3 is 1. The SMILES string of the molecule is COC(=O)Nc1ccc(-c2cc(C(CNC(=O)OC(C)(C)C)NC(=O)C=Cc3cc(Cl)ccc3-n3cnnn3)cnn2)cc1. The van der Waals surface area contributed by atoms with Gasteiger partial charge in [0, 0.05) is 34.5 Å². The molecule has 4 aromatic rings. The van der Waals surface area contributed by atoms with Gasteiger partial charge in [-0.1, -0.05) is 23.7 Å². The third-order valence-corrected chi connectivity index (χ3v) is 6.09. The van der Waals surface area contributed by atoms with Crippen molar-refractivity contribution in [3.63, 3.8) is 0 Å². The van der Waals surface area contributed by atoms with Crippen LogP contribution in [0.3, 0.4) is 0 Å². The molecule has 14 nitrogen and oxygen atoms in total. The predicted octanol–water partition coefficient (Wildman–Crippen LogP) is 4.35. The van der Waals surface area contributed by atoms with Crippen LogP contribution >= 0.6 is 11.6 Å². The van der Waals surface area contributed by atoms with Gasteiger partial charge in [0.2, 0.25) is 5.91 Å². The van der Waals surface area contributed by atoms with Gasteiger partial charge in [-0.3, -0.25) is 10.1 Å². The minimum absolute atomic E-state index is 0.00530. The number of carbonyl (C=O) groups is 3. The molecule has 4 rings (SSSR count). The van der Waals surface area contributed by atoms with Crippen LogP contribution in [0, 0.1) is 0 Å². The van der Waals surface area contributed by atoms with Crippen molar-refractivity contribution >= 4 is 41.5 Å². The van der Waals surface area contributed by atoms with Gasteiger partial charge in [-0.2, -0.15) is 14.9 Å². The van der Waals surface area contributed by atoms with Gasteiger partial charge in [0.1, 0.15) is 11.9 Å². The van der Waals surface area contributed by atoms with E-state index in [9.17, 15) is 14.4 Å². The molecule has 228 valence electrons. The van der Waals surface area contributed by atoms with E-state index in [4.69, 9.17) is 16.3 Å². The minimum Gasteiger partial charge on any atom is -0.453 e. The summed E-state index contributed by atoms with van der Waals surface area (Å²) >= 11 is 6.19. The number of tetrazole rings is 1. The highest BCUT2D eigenvalue weighted by molar-refractivity contribution is 6.30. The minimum atomic E-state index is -0.715. The van der Waals surface area contributed by atoms with Gasteiger partial charge >= 0.3 is 12.2 Å². The Balaban J connectivity index is 1.56. The lowest BCUT2D eigenvalue weighted by atomic mass is 10.1. The van der Waals surface area contributed by atoms with Crippen LogP contribution in [0.15, 0.2) is 67.1 Å². The summed E-state index contributed by atoms with van der Waals surface area (Å²) in [4.78, 5) is 37.1. The Morgan fingerprint density at radius 2 is 1.82 bits per heavy atom. The number of anilines is 1. The number of nitrogens with one attached hydrogen (secondary N) is 3. The summed E-state index contributed by atoms with van der Waals surface area (Å²) < 4.78 is 11.4. The lowest BCUT2D eigenvalue weighted by Gasteiger charge is -2.22. The van der Waals surface area contributed by atoms with Crippen LogP contribution in [-0.4, -0.2) is 67.8 Å². The highest BCUT2D eigenvalue weighted by atomic mass is 35.5. The highest BCUT2D eigenvalue weighted by Crippen LogP contribution is 2.23. The molecule has 0 fully saturated rings. The molecular weight excluding hydrogens is 590 g/mol. The van der Waals surface area contributed by atoms with E-state index in [1.807, 2.05) is 0 Å². The van der Waals surface area contributed by atoms with Gasteiger partial charge in [-0.15, -0.1) is 5.10 Å². The van der Waals surface area contributed by atoms with E-state index in [-0.39, 0.29) is 6.54 Å². The first-order valence-electron chi connectivity index (χ1n) is 13.3. The lowest BCUT2D eigenvalue weighted by molar-refractivity contribution is -0.117. The zero-order valence-corrected chi connectivity index (χ0v) is 25.1. The number of aromatic nitrogens is 6. The molecule has 2 aromatic carbocycles. The number of rotatable bonds is 9. The first kappa shape index (κ1) is 31.6. The molecule has 3 N–H and O–H groups in total. The standard InChI is InChI=1S/C29H30ClN9O5/c1-29(2,3)44-27(41)31-16-24(20-14-23(36-32-15-20)18-5-9-22(10-6-18)34-28(42)43-4)35-26(40)12-7-19-13-21(30)8-11-25(19)39-17-33-37-38-39/h5-15,17,24H,16H2,1-4H3,(H,31,41)(H,34,42)(H,35,40). The molecule has 0 aliphatic rings. The van der Waals surface area contributed by atoms with Gasteiger partial charge in [0.05, 0.1) is 30.7 Å². The van der Waals surface area contributed by atoms with Gasteiger partial charge in [0.15, 0.2) is 0 Å². The number of alkyl carbamates (subject to hydrolysis) is 1.